The smallest absolute Gasteiger partial charge is 0.137 e. The van der Waals surface area contributed by atoms with Crippen LogP contribution in [-0.2, 0) is 0 Å². The lowest BCUT2D eigenvalue weighted by Crippen LogP contribution is -2.12. The molecule has 12 aromatic rings. The summed E-state index contributed by atoms with van der Waals surface area (Å²) in [7, 11) is 0. The minimum Gasteiger partial charge on any atom is -0.456 e. The van der Waals surface area contributed by atoms with E-state index in [0.29, 0.717) is 0 Å². The number of fused-ring (bicyclic) bond motifs is 11. The van der Waals surface area contributed by atoms with Crippen LogP contribution in [0.1, 0.15) is 0 Å². The number of rotatable bonds is 6. The summed E-state index contributed by atoms with van der Waals surface area (Å²) in [6.07, 6.45) is 0. The summed E-state index contributed by atoms with van der Waals surface area (Å²) >= 11 is 1.86. The molecule has 12 rings (SSSR count). The van der Waals surface area contributed by atoms with Crippen LogP contribution in [0.25, 0.3) is 74.8 Å². The van der Waals surface area contributed by atoms with Gasteiger partial charge in [-0.25, -0.2) is 0 Å². The molecule has 0 saturated heterocycles. The minimum atomic E-state index is 0.861. The van der Waals surface area contributed by atoms with Crippen molar-refractivity contribution in [2.24, 2.45) is 0 Å². The number of nitrogens with zero attached hydrogens (tertiary/aromatic N) is 2. The van der Waals surface area contributed by atoms with E-state index in [1.54, 1.807) is 0 Å². The molecule has 0 fully saturated rings. The Morgan fingerprint density at radius 2 is 0.789 bits per heavy atom. The average Bonchev–Trinajstić information content (AvgIpc) is 3.97. The van der Waals surface area contributed by atoms with Crippen molar-refractivity contribution in [3.63, 3.8) is 0 Å². The van der Waals surface area contributed by atoms with Gasteiger partial charge in [-0.2, -0.15) is 0 Å². The van der Waals surface area contributed by atoms with E-state index >= 15 is 0 Å². The molecule has 0 atom stereocenters. The molecule has 0 bridgehead atoms. The standard InChI is InChI=1S/C52H32N2O2S/c1-3-14-34(15-4-1)53(36-24-27-41-39-19-9-11-21-46(39)55-48(41)31-36)44-29-30-45(52-50(44)43-26-23-33-13-7-8-18-38(33)51(43)57-52)54(35-16-5-2-6-17-35)37-25-28-42-40-20-10-12-22-47(40)56-49(42)32-37/h1-32H. The SMILES string of the molecule is c1ccc(N(c2ccc3c(c2)oc2ccccc23)c2ccc(N(c3ccccc3)c3ccc4c(c3)oc3ccccc34)c3c2sc2c4ccccc4ccc23)cc1. The maximum absolute atomic E-state index is 6.47. The van der Waals surface area contributed by atoms with Gasteiger partial charge in [-0.3, -0.25) is 0 Å². The molecule has 0 aliphatic carbocycles. The molecular formula is C52H32N2O2S. The molecule has 3 aromatic heterocycles. The highest BCUT2D eigenvalue weighted by atomic mass is 32.1. The van der Waals surface area contributed by atoms with Crippen molar-refractivity contribution in [1.82, 2.24) is 0 Å². The van der Waals surface area contributed by atoms with Crippen molar-refractivity contribution in [3.8, 4) is 0 Å². The maximum atomic E-state index is 6.47. The Morgan fingerprint density at radius 3 is 1.40 bits per heavy atom. The monoisotopic (exact) mass is 748 g/mol. The summed E-state index contributed by atoms with van der Waals surface area (Å²) in [4.78, 5) is 4.76. The number of para-hydroxylation sites is 4. The predicted octanol–water partition coefficient (Wildman–Crippen LogP) is 15.9. The van der Waals surface area contributed by atoms with Crippen LogP contribution in [0.3, 0.4) is 0 Å². The molecule has 0 spiro atoms. The average molecular weight is 749 g/mol. The van der Waals surface area contributed by atoms with Gasteiger partial charge in [0.15, 0.2) is 0 Å². The molecular weight excluding hydrogens is 717 g/mol. The Morgan fingerprint density at radius 1 is 0.316 bits per heavy atom. The third kappa shape index (κ3) is 4.99. The van der Waals surface area contributed by atoms with E-state index in [1.165, 1.54) is 30.9 Å². The zero-order chi connectivity index (χ0) is 37.5. The molecule has 0 aliphatic rings. The van der Waals surface area contributed by atoms with Crippen LogP contribution >= 0.6 is 11.3 Å². The van der Waals surface area contributed by atoms with E-state index in [-0.39, 0.29) is 0 Å². The molecule has 0 aliphatic heterocycles. The molecule has 4 nitrogen and oxygen atoms in total. The van der Waals surface area contributed by atoms with Crippen molar-refractivity contribution in [2.45, 2.75) is 0 Å². The van der Waals surface area contributed by atoms with Gasteiger partial charge in [0.25, 0.3) is 0 Å². The first-order valence-electron chi connectivity index (χ1n) is 19.2. The molecule has 3 heterocycles. The second kappa shape index (κ2) is 12.6. The largest absolute Gasteiger partial charge is 0.456 e. The minimum absolute atomic E-state index is 0.861. The number of hydrogen-bond acceptors (Lipinski definition) is 5. The summed E-state index contributed by atoms with van der Waals surface area (Å²) < 4.78 is 15.4. The van der Waals surface area contributed by atoms with Crippen LogP contribution < -0.4 is 9.80 Å². The highest BCUT2D eigenvalue weighted by Gasteiger charge is 2.25. The number of thiophene rings is 1. The van der Waals surface area contributed by atoms with Gasteiger partial charge in [0.05, 0.1) is 16.1 Å². The topological polar surface area (TPSA) is 32.8 Å². The normalized spacial score (nSPS) is 11.9. The van der Waals surface area contributed by atoms with Crippen molar-refractivity contribution in [2.75, 3.05) is 9.80 Å². The highest BCUT2D eigenvalue weighted by molar-refractivity contribution is 7.27. The van der Waals surface area contributed by atoms with Gasteiger partial charge in [-0.1, -0.05) is 109 Å². The van der Waals surface area contributed by atoms with E-state index in [9.17, 15) is 0 Å². The van der Waals surface area contributed by atoms with Gasteiger partial charge >= 0.3 is 0 Å². The van der Waals surface area contributed by atoms with Gasteiger partial charge in [0.1, 0.15) is 22.3 Å². The second-order valence-electron chi connectivity index (χ2n) is 14.5. The Bertz CT molecular complexity index is 3490. The predicted molar refractivity (Wildman–Crippen MR) is 241 cm³/mol. The lowest BCUT2D eigenvalue weighted by Gasteiger charge is -2.29. The Labute approximate surface area is 331 Å². The fourth-order valence-electron chi connectivity index (χ4n) is 8.66. The lowest BCUT2D eigenvalue weighted by molar-refractivity contribution is 0.668. The van der Waals surface area contributed by atoms with Crippen molar-refractivity contribution >= 4 is 120 Å². The molecule has 0 saturated carbocycles. The summed E-state index contributed by atoms with van der Waals surface area (Å²) in [6.45, 7) is 0. The Kier molecular flexibility index (Phi) is 7.06. The number of hydrogen-bond donors (Lipinski definition) is 0. The molecule has 57 heavy (non-hydrogen) atoms. The van der Waals surface area contributed by atoms with Crippen LogP contribution in [0, 0.1) is 0 Å². The third-order valence-electron chi connectivity index (χ3n) is 11.2. The molecule has 0 radical (unpaired) electrons. The molecule has 268 valence electrons. The van der Waals surface area contributed by atoms with Crippen LogP contribution in [0.5, 0.6) is 0 Å². The van der Waals surface area contributed by atoms with Crippen molar-refractivity contribution in [3.05, 3.63) is 194 Å². The highest BCUT2D eigenvalue weighted by Crippen LogP contribution is 2.52. The van der Waals surface area contributed by atoms with E-state index in [2.05, 4.69) is 180 Å². The zero-order valence-corrected chi connectivity index (χ0v) is 31.4. The Hall–Kier alpha value is -7.34. The van der Waals surface area contributed by atoms with Gasteiger partial charge in [-0.05, 0) is 83.6 Å². The first-order valence-corrected chi connectivity index (χ1v) is 20.0. The summed E-state index contributed by atoms with van der Waals surface area (Å²) in [5.74, 6) is 0. The van der Waals surface area contributed by atoms with E-state index in [0.717, 1.165) is 78.0 Å². The van der Waals surface area contributed by atoms with Crippen LogP contribution in [0.15, 0.2) is 203 Å². The van der Waals surface area contributed by atoms with Gasteiger partial charge in [0, 0.05) is 71.9 Å². The van der Waals surface area contributed by atoms with Crippen molar-refractivity contribution in [1.29, 1.82) is 0 Å². The van der Waals surface area contributed by atoms with Crippen molar-refractivity contribution < 1.29 is 8.83 Å². The number of benzene rings is 9. The van der Waals surface area contributed by atoms with E-state index in [1.807, 2.05) is 35.6 Å². The quantitative estimate of drug-likeness (QED) is 0.170. The van der Waals surface area contributed by atoms with Crippen LogP contribution in [0.2, 0.25) is 0 Å². The summed E-state index contributed by atoms with van der Waals surface area (Å²) in [5.41, 5.74) is 9.88. The van der Waals surface area contributed by atoms with E-state index < -0.39 is 0 Å². The zero-order valence-electron chi connectivity index (χ0n) is 30.6. The summed E-state index contributed by atoms with van der Waals surface area (Å²) in [5, 5.41) is 9.34. The molecule has 0 unspecified atom stereocenters. The lowest BCUT2D eigenvalue weighted by atomic mass is 10.0. The van der Waals surface area contributed by atoms with Gasteiger partial charge < -0.3 is 18.6 Å². The third-order valence-corrected chi connectivity index (χ3v) is 12.5. The van der Waals surface area contributed by atoms with Gasteiger partial charge in [-0.15, -0.1) is 11.3 Å². The first-order chi connectivity index (χ1) is 28.3. The molecule has 0 N–H and O–H groups in total. The Balaban J connectivity index is 1.15. The van der Waals surface area contributed by atoms with Gasteiger partial charge in [0.2, 0.25) is 0 Å². The van der Waals surface area contributed by atoms with E-state index in [4.69, 9.17) is 8.83 Å². The second-order valence-corrected chi connectivity index (χ2v) is 15.5. The maximum Gasteiger partial charge on any atom is 0.137 e. The van der Waals surface area contributed by atoms with Crippen LogP contribution in [0.4, 0.5) is 34.1 Å². The summed E-state index contributed by atoms with van der Waals surface area (Å²) in [6, 6.07) is 68.9. The molecule has 9 aromatic carbocycles. The fourth-order valence-corrected chi connectivity index (χ4v) is 10.0. The number of furan rings is 2. The fraction of sp³-hybridized carbons (Fsp3) is 0. The molecule has 0 amide bonds. The molecule has 5 heteroatoms. The number of anilines is 6. The first kappa shape index (κ1) is 32.0. The van der Waals surface area contributed by atoms with Crippen LogP contribution in [-0.4, -0.2) is 0 Å².